The summed E-state index contributed by atoms with van der Waals surface area (Å²) in [5, 5.41) is 0. The first kappa shape index (κ1) is 5.22. The van der Waals surface area contributed by atoms with Gasteiger partial charge in [0.15, 0.2) is 0 Å². The molecule has 0 atom stereocenters. The Morgan fingerprint density at radius 2 is 2.20 bits per heavy atom. The molecule has 0 saturated heterocycles. The average Bonchev–Trinajstić information content (AvgIpc) is 1.41. The molecule has 0 heterocycles. The Hall–Kier alpha value is 0.217. The Morgan fingerprint density at radius 1 is 1.60 bits per heavy atom. The first-order valence-corrected chi connectivity index (χ1v) is 3.21. The van der Waals surface area contributed by atoms with Crippen LogP contribution in [0, 0.1) is 0 Å². The van der Waals surface area contributed by atoms with Crippen LogP contribution in [0.1, 0.15) is 19.8 Å². The second kappa shape index (κ2) is 4.22. The zero-order chi connectivity index (χ0) is 4.12. The highest BCUT2D eigenvalue weighted by atomic mass is 28.1. The van der Waals surface area contributed by atoms with Crippen LogP contribution in [0.2, 0.25) is 6.04 Å². The van der Waals surface area contributed by atoms with E-state index in [4.69, 9.17) is 0 Å². The molecule has 0 aromatic rings. The molecule has 0 aliphatic carbocycles. The highest BCUT2D eigenvalue weighted by molar-refractivity contribution is 6.08. The first-order valence-electron chi connectivity index (χ1n) is 2.21. The van der Waals surface area contributed by atoms with E-state index in [0.717, 1.165) is 0 Å². The third-order valence-electron chi connectivity index (χ3n) is 0.604. The smallest absolute Gasteiger partial charge is 0.00797 e. The van der Waals surface area contributed by atoms with Gasteiger partial charge in [0.2, 0.25) is 0 Å². The molecule has 0 fully saturated rings. The molecule has 0 N–H and O–H groups in total. The molecule has 0 aliphatic rings. The van der Waals surface area contributed by atoms with Crippen molar-refractivity contribution in [2.45, 2.75) is 25.8 Å². The van der Waals surface area contributed by atoms with Crippen molar-refractivity contribution >= 4 is 10.2 Å². The Balaban J connectivity index is 2.19. The highest BCUT2D eigenvalue weighted by Gasteiger charge is 1.68. The highest BCUT2D eigenvalue weighted by Crippen LogP contribution is 1.86. The molecular formula is C4H11Si. The molecule has 0 bridgehead atoms. The topological polar surface area (TPSA) is 0 Å². The molecule has 5 heavy (non-hydrogen) atoms. The lowest BCUT2D eigenvalue weighted by Crippen LogP contribution is -1.63. The maximum atomic E-state index is 2.22. The van der Waals surface area contributed by atoms with Gasteiger partial charge in [-0.15, -0.1) is 0 Å². The van der Waals surface area contributed by atoms with E-state index in [-0.39, 0.29) is 0 Å². The molecule has 0 amide bonds. The van der Waals surface area contributed by atoms with Crippen molar-refractivity contribution in [1.29, 1.82) is 0 Å². The predicted molar refractivity (Wildman–Crippen MR) is 28.3 cm³/mol. The quantitative estimate of drug-likeness (QED) is 0.438. The number of hydrogen-bond acceptors (Lipinski definition) is 0. The summed E-state index contributed by atoms with van der Waals surface area (Å²) < 4.78 is 0. The van der Waals surface area contributed by atoms with Crippen LogP contribution >= 0.6 is 0 Å². The summed E-state index contributed by atoms with van der Waals surface area (Å²) in [5.41, 5.74) is 0. The monoisotopic (exact) mass is 87.1 g/mol. The second-order valence-corrected chi connectivity index (χ2v) is 1.91. The van der Waals surface area contributed by atoms with E-state index in [1.807, 2.05) is 10.2 Å². The summed E-state index contributed by atoms with van der Waals surface area (Å²) in [7, 11) is 2.05. The van der Waals surface area contributed by atoms with E-state index >= 15 is 0 Å². The molecule has 0 unspecified atom stereocenters. The van der Waals surface area contributed by atoms with Crippen LogP contribution in [0.5, 0.6) is 0 Å². The van der Waals surface area contributed by atoms with Crippen LogP contribution in [0.25, 0.3) is 0 Å². The molecule has 0 aromatic carbocycles. The number of unbranched alkanes of at least 4 members (excludes halogenated alkanes) is 1. The van der Waals surface area contributed by atoms with Gasteiger partial charge in [-0.2, -0.15) is 0 Å². The lowest BCUT2D eigenvalue weighted by molar-refractivity contribution is 0.884. The van der Waals surface area contributed by atoms with Crippen molar-refractivity contribution in [1.82, 2.24) is 0 Å². The van der Waals surface area contributed by atoms with E-state index < -0.39 is 0 Å². The second-order valence-electron chi connectivity index (χ2n) is 1.21. The van der Waals surface area contributed by atoms with Gasteiger partial charge in [-0.3, -0.25) is 0 Å². The van der Waals surface area contributed by atoms with E-state index in [1.54, 1.807) is 0 Å². The van der Waals surface area contributed by atoms with Crippen molar-refractivity contribution in [2.75, 3.05) is 0 Å². The summed E-state index contributed by atoms with van der Waals surface area (Å²) >= 11 is 0. The molecule has 31 valence electrons. The number of rotatable bonds is 2. The van der Waals surface area contributed by atoms with E-state index in [0.29, 0.717) is 0 Å². The lowest BCUT2D eigenvalue weighted by Gasteiger charge is -1.79. The van der Waals surface area contributed by atoms with Gasteiger partial charge in [-0.05, 0) is 0 Å². The standard InChI is InChI=1S/C4H11Si/c1-2-3-4-5/h2-5H2,1H3. The lowest BCUT2D eigenvalue weighted by atomic mass is 10.4. The van der Waals surface area contributed by atoms with E-state index in [1.165, 1.54) is 18.9 Å². The maximum Gasteiger partial charge on any atom is 0.00797 e. The van der Waals surface area contributed by atoms with Gasteiger partial charge < -0.3 is 0 Å². The van der Waals surface area contributed by atoms with Gasteiger partial charge in [-0.1, -0.05) is 25.8 Å². The molecule has 0 nitrogen and oxygen atoms in total. The van der Waals surface area contributed by atoms with Crippen molar-refractivity contribution in [2.24, 2.45) is 0 Å². The van der Waals surface area contributed by atoms with E-state index in [9.17, 15) is 0 Å². The minimum Gasteiger partial charge on any atom is -0.0654 e. The van der Waals surface area contributed by atoms with Gasteiger partial charge >= 0.3 is 0 Å². The third-order valence-corrected chi connectivity index (χ3v) is 1.10. The molecule has 0 aliphatic heterocycles. The molecule has 0 aromatic heterocycles. The summed E-state index contributed by atoms with van der Waals surface area (Å²) in [6.45, 7) is 2.22. The average molecular weight is 87.2 g/mol. The van der Waals surface area contributed by atoms with Gasteiger partial charge in [-0.25, -0.2) is 0 Å². The fraction of sp³-hybridized carbons (Fsp3) is 1.00. The zero-order valence-corrected chi connectivity index (χ0v) is 5.24. The molecule has 1 heteroatoms. The molecule has 0 rings (SSSR count). The Kier molecular flexibility index (Phi) is 4.40. The largest absolute Gasteiger partial charge is 0.0654 e. The SMILES string of the molecule is CCCC[SiH2]. The van der Waals surface area contributed by atoms with Crippen molar-refractivity contribution in [3.63, 3.8) is 0 Å². The normalized spacial score (nSPS) is 8.40. The van der Waals surface area contributed by atoms with Gasteiger partial charge in [0, 0.05) is 10.2 Å². The summed E-state index contributed by atoms with van der Waals surface area (Å²) in [4.78, 5) is 0. The van der Waals surface area contributed by atoms with Gasteiger partial charge in [0.05, 0.1) is 0 Å². The third kappa shape index (κ3) is 4.22. The summed E-state index contributed by atoms with van der Waals surface area (Å²) in [6.07, 6.45) is 2.75. The van der Waals surface area contributed by atoms with Crippen LogP contribution in [0.15, 0.2) is 0 Å². The predicted octanol–water partition coefficient (Wildman–Crippen LogP) is 0.838. The van der Waals surface area contributed by atoms with Crippen molar-refractivity contribution in [3.05, 3.63) is 0 Å². The van der Waals surface area contributed by atoms with Crippen LogP contribution < -0.4 is 0 Å². The maximum absolute atomic E-state index is 2.22. The molecule has 0 spiro atoms. The fourth-order valence-electron chi connectivity index (χ4n) is 0.250. The van der Waals surface area contributed by atoms with Crippen LogP contribution in [-0.4, -0.2) is 10.2 Å². The fourth-order valence-corrected chi connectivity index (χ4v) is 0.750. The van der Waals surface area contributed by atoms with Crippen LogP contribution in [-0.2, 0) is 0 Å². The van der Waals surface area contributed by atoms with Crippen molar-refractivity contribution in [3.8, 4) is 0 Å². The van der Waals surface area contributed by atoms with Crippen LogP contribution in [0.4, 0.5) is 0 Å². The molecule has 1 radical (unpaired) electrons. The first-order chi connectivity index (χ1) is 2.41. The zero-order valence-electron chi connectivity index (χ0n) is 3.83. The molecular weight excluding hydrogens is 76.1 g/mol. The van der Waals surface area contributed by atoms with Crippen LogP contribution in [0.3, 0.4) is 0 Å². The van der Waals surface area contributed by atoms with Crippen molar-refractivity contribution < 1.29 is 0 Å². The molecule has 0 saturated carbocycles. The Morgan fingerprint density at radius 3 is 2.20 bits per heavy atom. The minimum absolute atomic E-state index is 1.35. The summed E-state index contributed by atoms with van der Waals surface area (Å²) in [5.74, 6) is 0. The van der Waals surface area contributed by atoms with Gasteiger partial charge in [0.25, 0.3) is 0 Å². The Labute approximate surface area is 37.0 Å². The van der Waals surface area contributed by atoms with Gasteiger partial charge in [0.1, 0.15) is 0 Å². The number of hydrogen-bond donors (Lipinski definition) is 0. The van der Waals surface area contributed by atoms with E-state index in [2.05, 4.69) is 6.92 Å². The summed E-state index contributed by atoms with van der Waals surface area (Å²) in [6, 6.07) is 1.37. The minimum atomic E-state index is 1.35. The Bertz CT molecular complexity index is 11.1.